The minimum absolute atomic E-state index is 0.233. The van der Waals surface area contributed by atoms with E-state index in [9.17, 15) is 5.11 Å². The van der Waals surface area contributed by atoms with Crippen molar-refractivity contribution in [3.8, 4) is 5.75 Å². The van der Waals surface area contributed by atoms with Crippen molar-refractivity contribution in [2.75, 3.05) is 6.61 Å². The number of ether oxygens (including phenoxy) is 1. The molecule has 1 aromatic heterocycles. The first-order valence-electron chi connectivity index (χ1n) is 6.43. The summed E-state index contributed by atoms with van der Waals surface area (Å²) >= 11 is 0. The SMILES string of the molecule is OC(COc1ccc2ccccc2c1)Cn1cnnc1. The summed E-state index contributed by atoms with van der Waals surface area (Å²) in [4.78, 5) is 0. The highest BCUT2D eigenvalue weighted by atomic mass is 16.5. The van der Waals surface area contributed by atoms with Gasteiger partial charge in [0.15, 0.2) is 0 Å². The Bertz CT molecular complexity index is 682. The predicted molar refractivity (Wildman–Crippen MR) is 75.5 cm³/mol. The highest BCUT2D eigenvalue weighted by Crippen LogP contribution is 2.20. The molecule has 0 radical (unpaired) electrons. The summed E-state index contributed by atoms with van der Waals surface area (Å²) in [7, 11) is 0. The third-order valence-corrected chi connectivity index (χ3v) is 3.05. The molecule has 0 aliphatic carbocycles. The molecule has 1 atom stereocenters. The Morgan fingerprint density at radius 3 is 2.60 bits per heavy atom. The van der Waals surface area contributed by atoms with Crippen LogP contribution in [0.15, 0.2) is 55.1 Å². The van der Waals surface area contributed by atoms with Gasteiger partial charge in [-0.05, 0) is 22.9 Å². The van der Waals surface area contributed by atoms with Crippen molar-refractivity contribution in [3.63, 3.8) is 0 Å². The zero-order chi connectivity index (χ0) is 13.8. The van der Waals surface area contributed by atoms with Crippen molar-refractivity contribution < 1.29 is 9.84 Å². The molecule has 1 N–H and O–H groups in total. The predicted octanol–water partition coefficient (Wildman–Crippen LogP) is 1.87. The Morgan fingerprint density at radius 1 is 1.05 bits per heavy atom. The number of fused-ring (bicyclic) bond motifs is 1. The Hall–Kier alpha value is -2.40. The average Bonchev–Trinajstić information content (AvgIpc) is 2.98. The topological polar surface area (TPSA) is 60.2 Å². The molecular formula is C15H15N3O2. The van der Waals surface area contributed by atoms with E-state index in [0.29, 0.717) is 6.54 Å². The molecule has 5 nitrogen and oxygen atoms in total. The summed E-state index contributed by atoms with van der Waals surface area (Å²) < 4.78 is 7.34. The molecule has 0 bridgehead atoms. The lowest BCUT2D eigenvalue weighted by Crippen LogP contribution is -2.23. The van der Waals surface area contributed by atoms with E-state index < -0.39 is 6.10 Å². The van der Waals surface area contributed by atoms with Crippen LogP contribution in [0.3, 0.4) is 0 Å². The maximum absolute atomic E-state index is 9.89. The van der Waals surface area contributed by atoms with Crippen molar-refractivity contribution in [2.45, 2.75) is 12.6 Å². The van der Waals surface area contributed by atoms with Crippen molar-refractivity contribution in [1.29, 1.82) is 0 Å². The van der Waals surface area contributed by atoms with Crippen LogP contribution >= 0.6 is 0 Å². The van der Waals surface area contributed by atoms with E-state index in [1.54, 1.807) is 17.2 Å². The highest BCUT2D eigenvalue weighted by molar-refractivity contribution is 5.83. The van der Waals surface area contributed by atoms with Crippen molar-refractivity contribution >= 4 is 10.8 Å². The molecule has 0 spiro atoms. The molecule has 0 amide bonds. The summed E-state index contributed by atoms with van der Waals surface area (Å²) in [6.45, 7) is 0.650. The van der Waals surface area contributed by atoms with Crippen LogP contribution in [-0.2, 0) is 6.54 Å². The summed E-state index contributed by atoms with van der Waals surface area (Å²) in [6, 6.07) is 14.0. The Labute approximate surface area is 116 Å². The van der Waals surface area contributed by atoms with Gasteiger partial charge in [-0.2, -0.15) is 0 Å². The van der Waals surface area contributed by atoms with Gasteiger partial charge in [0.1, 0.15) is 31.1 Å². The first kappa shape index (κ1) is 12.6. The van der Waals surface area contributed by atoms with Gasteiger partial charge in [-0.1, -0.05) is 30.3 Å². The monoisotopic (exact) mass is 269 g/mol. The zero-order valence-electron chi connectivity index (χ0n) is 10.9. The molecular weight excluding hydrogens is 254 g/mol. The summed E-state index contributed by atoms with van der Waals surface area (Å²) in [6.07, 6.45) is 2.54. The largest absolute Gasteiger partial charge is 0.491 e. The standard InChI is InChI=1S/C15H15N3O2/c19-14(8-18-10-16-17-11-18)9-20-15-6-5-12-3-1-2-4-13(12)7-15/h1-7,10-11,14,19H,8-9H2. The maximum Gasteiger partial charge on any atom is 0.120 e. The van der Waals surface area contributed by atoms with Gasteiger partial charge in [0, 0.05) is 0 Å². The second-order valence-electron chi connectivity index (χ2n) is 4.63. The number of aromatic nitrogens is 3. The van der Waals surface area contributed by atoms with E-state index in [-0.39, 0.29) is 6.61 Å². The second-order valence-corrected chi connectivity index (χ2v) is 4.63. The number of benzene rings is 2. The number of aliphatic hydroxyl groups excluding tert-OH is 1. The molecule has 0 fully saturated rings. The van der Waals surface area contributed by atoms with E-state index in [1.807, 2.05) is 36.4 Å². The molecule has 0 saturated heterocycles. The van der Waals surface area contributed by atoms with Gasteiger partial charge in [-0.25, -0.2) is 0 Å². The molecule has 102 valence electrons. The fourth-order valence-electron chi connectivity index (χ4n) is 2.06. The normalized spacial score (nSPS) is 12.4. The maximum atomic E-state index is 9.89. The van der Waals surface area contributed by atoms with E-state index in [4.69, 9.17) is 4.74 Å². The van der Waals surface area contributed by atoms with E-state index >= 15 is 0 Å². The molecule has 2 aromatic carbocycles. The molecule has 3 aromatic rings. The quantitative estimate of drug-likeness (QED) is 0.768. The van der Waals surface area contributed by atoms with Crippen LogP contribution in [-0.4, -0.2) is 32.6 Å². The third-order valence-electron chi connectivity index (χ3n) is 3.05. The van der Waals surface area contributed by atoms with Crippen LogP contribution in [0.5, 0.6) is 5.75 Å². The number of hydrogen-bond donors (Lipinski definition) is 1. The minimum atomic E-state index is -0.600. The average molecular weight is 269 g/mol. The van der Waals surface area contributed by atoms with Crippen LogP contribution in [0.2, 0.25) is 0 Å². The van der Waals surface area contributed by atoms with Crippen molar-refractivity contribution in [3.05, 3.63) is 55.1 Å². The first-order valence-corrected chi connectivity index (χ1v) is 6.43. The fourth-order valence-corrected chi connectivity index (χ4v) is 2.06. The molecule has 1 heterocycles. The lowest BCUT2D eigenvalue weighted by Gasteiger charge is -2.13. The van der Waals surface area contributed by atoms with E-state index in [0.717, 1.165) is 11.1 Å². The Kier molecular flexibility index (Phi) is 3.60. The van der Waals surface area contributed by atoms with Gasteiger partial charge < -0.3 is 14.4 Å². The first-order chi connectivity index (χ1) is 9.81. The van der Waals surface area contributed by atoms with Gasteiger partial charge >= 0.3 is 0 Å². The Balaban J connectivity index is 1.61. The number of hydrogen-bond acceptors (Lipinski definition) is 4. The summed E-state index contributed by atoms with van der Waals surface area (Å²) in [5.74, 6) is 0.756. The zero-order valence-corrected chi connectivity index (χ0v) is 10.9. The molecule has 5 heteroatoms. The molecule has 3 rings (SSSR count). The lowest BCUT2D eigenvalue weighted by atomic mass is 10.1. The van der Waals surface area contributed by atoms with E-state index in [2.05, 4.69) is 16.3 Å². The number of rotatable bonds is 5. The van der Waals surface area contributed by atoms with E-state index in [1.165, 1.54) is 5.39 Å². The molecule has 0 aliphatic heterocycles. The van der Waals surface area contributed by atoms with Crippen LogP contribution < -0.4 is 4.74 Å². The third kappa shape index (κ3) is 2.95. The van der Waals surface area contributed by atoms with Crippen molar-refractivity contribution in [1.82, 2.24) is 14.8 Å². The summed E-state index contributed by atoms with van der Waals surface area (Å²) in [5.41, 5.74) is 0. The highest BCUT2D eigenvalue weighted by Gasteiger charge is 2.06. The van der Waals surface area contributed by atoms with Crippen LogP contribution in [0, 0.1) is 0 Å². The second kappa shape index (κ2) is 5.71. The number of nitrogens with zero attached hydrogens (tertiary/aromatic N) is 3. The molecule has 0 saturated carbocycles. The van der Waals surface area contributed by atoms with Crippen LogP contribution in [0.4, 0.5) is 0 Å². The van der Waals surface area contributed by atoms with Gasteiger partial charge in [-0.15, -0.1) is 10.2 Å². The molecule has 20 heavy (non-hydrogen) atoms. The van der Waals surface area contributed by atoms with Gasteiger partial charge in [0.2, 0.25) is 0 Å². The van der Waals surface area contributed by atoms with Gasteiger partial charge in [0.05, 0.1) is 6.54 Å². The molecule has 0 aliphatic rings. The van der Waals surface area contributed by atoms with Gasteiger partial charge in [-0.3, -0.25) is 0 Å². The molecule has 1 unspecified atom stereocenters. The summed E-state index contributed by atoms with van der Waals surface area (Å²) in [5, 5.41) is 19.6. The number of aliphatic hydroxyl groups is 1. The van der Waals surface area contributed by atoms with Crippen LogP contribution in [0.1, 0.15) is 0 Å². The van der Waals surface area contributed by atoms with Crippen molar-refractivity contribution in [2.24, 2.45) is 0 Å². The Morgan fingerprint density at radius 2 is 1.80 bits per heavy atom. The van der Waals surface area contributed by atoms with Crippen LogP contribution in [0.25, 0.3) is 10.8 Å². The smallest absolute Gasteiger partial charge is 0.120 e. The van der Waals surface area contributed by atoms with Gasteiger partial charge in [0.25, 0.3) is 0 Å². The fraction of sp³-hybridized carbons (Fsp3) is 0.200. The minimum Gasteiger partial charge on any atom is -0.491 e. The lowest BCUT2D eigenvalue weighted by molar-refractivity contribution is 0.0924.